The zero-order chi connectivity index (χ0) is 14.7. The zero-order valence-electron chi connectivity index (χ0n) is 11.4. The van der Waals surface area contributed by atoms with Gasteiger partial charge in [-0.1, -0.05) is 22.0 Å². The largest absolute Gasteiger partial charge is 0.486 e. The molecule has 0 aliphatic heterocycles. The second-order valence-electron chi connectivity index (χ2n) is 4.68. The van der Waals surface area contributed by atoms with Crippen molar-refractivity contribution < 1.29 is 4.74 Å². The van der Waals surface area contributed by atoms with Crippen LogP contribution < -0.4 is 10.5 Å². The highest BCUT2D eigenvalue weighted by Gasteiger charge is 2.08. The molecule has 20 heavy (non-hydrogen) atoms. The lowest BCUT2D eigenvalue weighted by Crippen LogP contribution is -2.02. The van der Waals surface area contributed by atoms with Crippen LogP contribution in [0, 0.1) is 25.2 Å². The van der Waals surface area contributed by atoms with E-state index in [-0.39, 0.29) is 0 Å². The maximum absolute atomic E-state index is 8.86. The SMILES string of the molecule is Cc1cc(C#N)ccc1COc1c(C)cc(Br)cc1N. The van der Waals surface area contributed by atoms with Crippen LogP contribution in [0.4, 0.5) is 5.69 Å². The molecule has 2 aromatic rings. The number of rotatable bonds is 3. The van der Waals surface area contributed by atoms with Crippen molar-refractivity contribution in [3.63, 3.8) is 0 Å². The summed E-state index contributed by atoms with van der Waals surface area (Å²) in [4.78, 5) is 0. The van der Waals surface area contributed by atoms with E-state index in [0.29, 0.717) is 23.6 Å². The molecule has 0 spiro atoms. The molecule has 0 unspecified atom stereocenters. The first kappa shape index (κ1) is 14.4. The Labute approximate surface area is 127 Å². The first-order chi connectivity index (χ1) is 9.51. The summed E-state index contributed by atoms with van der Waals surface area (Å²) in [5.74, 6) is 0.706. The molecule has 0 bridgehead atoms. The van der Waals surface area contributed by atoms with Crippen molar-refractivity contribution in [2.24, 2.45) is 0 Å². The molecule has 0 saturated carbocycles. The van der Waals surface area contributed by atoms with E-state index in [1.165, 1.54) is 0 Å². The molecule has 0 aliphatic rings. The second-order valence-corrected chi connectivity index (χ2v) is 5.60. The van der Waals surface area contributed by atoms with Crippen molar-refractivity contribution in [2.45, 2.75) is 20.5 Å². The smallest absolute Gasteiger partial charge is 0.145 e. The molecule has 102 valence electrons. The number of benzene rings is 2. The van der Waals surface area contributed by atoms with Crippen LogP contribution in [0.5, 0.6) is 5.75 Å². The molecule has 0 saturated heterocycles. The van der Waals surface area contributed by atoms with Crippen LogP contribution in [0.1, 0.15) is 22.3 Å². The number of nitriles is 1. The molecule has 0 amide bonds. The standard InChI is InChI=1S/C16H15BrN2O/c1-10-5-12(8-18)3-4-13(10)9-20-16-11(2)6-14(17)7-15(16)19/h3-7H,9,19H2,1-2H3. The summed E-state index contributed by atoms with van der Waals surface area (Å²) in [5, 5.41) is 8.86. The summed E-state index contributed by atoms with van der Waals surface area (Å²) in [6.45, 7) is 4.36. The fraction of sp³-hybridized carbons (Fsp3) is 0.188. The molecule has 2 aromatic carbocycles. The van der Waals surface area contributed by atoms with Crippen molar-refractivity contribution in [2.75, 3.05) is 5.73 Å². The highest BCUT2D eigenvalue weighted by Crippen LogP contribution is 2.30. The lowest BCUT2D eigenvalue weighted by Gasteiger charge is -2.13. The quantitative estimate of drug-likeness (QED) is 0.862. The number of ether oxygens (including phenoxy) is 1. The van der Waals surface area contributed by atoms with Gasteiger partial charge in [-0.2, -0.15) is 5.26 Å². The van der Waals surface area contributed by atoms with Crippen molar-refractivity contribution in [3.8, 4) is 11.8 Å². The Morgan fingerprint density at radius 1 is 1.20 bits per heavy atom. The van der Waals surface area contributed by atoms with Gasteiger partial charge in [-0.05, 0) is 54.8 Å². The van der Waals surface area contributed by atoms with Gasteiger partial charge in [0.2, 0.25) is 0 Å². The van der Waals surface area contributed by atoms with E-state index in [1.807, 2.05) is 38.1 Å². The van der Waals surface area contributed by atoms with Gasteiger partial charge in [0.15, 0.2) is 0 Å². The molecule has 2 rings (SSSR count). The number of halogens is 1. The lowest BCUT2D eigenvalue weighted by molar-refractivity contribution is 0.305. The molecule has 2 N–H and O–H groups in total. The highest BCUT2D eigenvalue weighted by molar-refractivity contribution is 9.10. The summed E-state index contributed by atoms with van der Waals surface area (Å²) < 4.78 is 6.77. The predicted octanol–water partition coefficient (Wildman–Crippen LogP) is 4.10. The van der Waals surface area contributed by atoms with Gasteiger partial charge in [-0.3, -0.25) is 0 Å². The normalized spacial score (nSPS) is 10.1. The van der Waals surface area contributed by atoms with Crippen LogP contribution in [0.15, 0.2) is 34.8 Å². The third-order valence-electron chi connectivity index (χ3n) is 3.11. The minimum absolute atomic E-state index is 0.435. The third kappa shape index (κ3) is 3.12. The van der Waals surface area contributed by atoms with E-state index < -0.39 is 0 Å². The Morgan fingerprint density at radius 3 is 2.55 bits per heavy atom. The Kier molecular flexibility index (Phi) is 4.31. The van der Waals surface area contributed by atoms with Gasteiger partial charge in [0.05, 0.1) is 17.3 Å². The van der Waals surface area contributed by atoms with Gasteiger partial charge in [-0.15, -0.1) is 0 Å². The van der Waals surface area contributed by atoms with Gasteiger partial charge < -0.3 is 10.5 Å². The highest BCUT2D eigenvalue weighted by atomic mass is 79.9. The molecular weight excluding hydrogens is 316 g/mol. The van der Waals surface area contributed by atoms with Crippen molar-refractivity contribution in [1.29, 1.82) is 5.26 Å². The summed E-state index contributed by atoms with van der Waals surface area (Å²) in [6.07, 6.45) is 0. The molecular formula is C16H15BrN2O. The number of aryl methyl sites for hydroxylation is 2. The van der Waals surface area contributed by atoms with Crippen LogP contribution in [-0.4, -0.2) is 0 Å². The Hall–Kier alpha value is -1.99. The van der Waals surface area contributed by atoms with Crippen LogP contribution in [-0.2, 0) is 6.61 Å². The lowest BCUT2D eigenvalue weighted by atomic mass is 10.1. The Morgan fingerprint density at radius 2 is 1.95 bits per heavy atom. The molecule has 3 nitrogen and oxygen atoms in total. The molecule has 0 aromatic heterocycles. The summed E-state index contributed by atoms with van der Waals surface area (Å²) in [5.41, 5.74) is 10.3. The summed E-state index contributed by atoms with van der Waals surface area (Å²) >= 11 is 3.40. The monoisotopic (exact) mass is 330 g/mol. The number of hydrogen-bond acceptors (Lipinski definition) is 3. The minimum atomic E-state index is 0.435. The van der Waals surface area contributed by atoms with Gasteiger partial charge in [-0.25, -0.2) is 0 Å². The maximum atomic E-state index is 8.86. The molecule has 0 fully saturated rings. The summed E-state index contributed by atoms with van der Waals surface area (Å²) in [7, 11) is 0. The molecule has 0 radical (unpaired) electrons. The molecule has 0 heterocycles. The van der Waals surface area contributed by atoms with E-state index in [9.17, 15) is 0 Å². The topological polar surface area (TPSA) is 59.0 Å². The van der Waals surface area contributed by atoms with Gasteiger partial charge >= 0.3 is 0 Å². The van der Waals surface area contributed by atoms with E-state index in [4.69, 9.17) is 15.7 Å². The number of nitrogens with two attached hydrogens (primary N) is 1. The van der Waals surface area contributed by atoms with Crippen molar-refractivity contribution in [3.05, 3.63) is 57.1 Å². The fourth-order valence-electron chi connectivity index (χ4n) is 2.03. The van der Waals surface area contributed by atoms with Gasteiger partial charge in [0, 0.05) is 4.47 Å². The Balaban J connectivity index is 2.20. The number of hydrogen-bond donors (Lipinski definition) is 1. The number of anilines is 1. The zero-order valence-corrected chi connectivity index (χ0v) is 13.0. The number of nitrogen functional groups attached to an aromatic ring is 1. The minimum Gasteiger partial charge on any atom is -0.486 e. The van der Waals surface area contributed by atoms with Crippen LogP contribution in [0.3, 0.4) is 0 Å². The third-order valence-corrected chi connectivity index (χ3v) is 3.57. The average molecular weight is 331 g/mol. The van der Waals surface area contributed by atoms with Gasteiger partial charge in [0.25, 0.3) is 0 Å². The van der Waals surface area contributed by atoms with E-state index in [0.717, 1.165) is 21.2 Å². The van der Waals surface area contributed by atoms with E-state index in [1.54, 1.807) is 6.07 Å². The summed E-state index contributed by atoms with van der Waals surface area (Å²) in [6, 6.07) is 11.5. The second kappa shape index (κ2) is 5.98. The predicted molar refractivity (Wildman–Crippen MR) is 83.5 cm³/mol. The van der Waals surface area contributed by atoms with Crippen molar-refractivity contribution >= 4 is 21.6 Å². The van der Waals surface area contributed by atoms with E-state index >= 15 is 0 Å². The first-order valence-corrected chi connectivity index (χ1v) is 6.98. The van der Waals surface area contributed by atoms with Crippen LogP contribution in [0.25, 0.3) is 0 Å². The van der Waals surface area contributed by atoms with Crippen molar-refractivity contribution in [1.82, 2.24) is 0 Å². The average Bonchev–Trinajstić information content (AvgIpc) is 2.39. The van der Waals surface area contributed by atoms with Crippen LogP contribution >= 0.6 is 15.9 Å². The first-order valence-electron chi connectivity index (χ1n) is 6.19. The number of nitrogens with zero attached hydrogens (tertiary/aromatic N) is 1. The molecule has 0 atom stereocenters. The van der Waals surface area contributed by atoms with E-state index in [2.05, 4.69) is 22.0 Å². The Bertz CT molecular complexity index is 666. The molecule has 0 aliphatic carbocycles. The van der Waals surface area contributed by atoms with Crippen LogP contribution in [0.2, 0.25) is 0 Å². The maximum Gasteiger partial charge on any atom is 0.145 e. The van der Waals surface area contributed by atoms with Gasteiger partial charge in [0.1, 0.15) is 12.4 Å². The molecule has 4 heteroatoms. The fourth-order valence-corrected chi connectivity index (χ4v) is 2.62.